The summed E-state index contributed by atoms with van der Waals surface area (Å²) in [5.41, 5.74) is 15.9. The van der Waals surface area contributed by atoms with E-state index in [9.17, 15) is 0 Å². The molecule has 0 saturated heterocycles. The van der Waals surface area contributed by atoms with E-state index in [1.165, 1.54) is 94.5 Å². The van der Waals surface area contributed by atoms with Gasteiger partial charge in [-0.2, -0.15) is 0 Å². The van der Waals surface area contributed by atoms with Gasteiger partial charge in [0.1, 0.15) is 22.5 Å². The molecule has 6 nitrogen and oxygen atoms in total. The van der Waals surface area contributed by atoms with E-state index < -0.39 is 36.8 Å². The fourth-order valence-electron chi connectivity index (χ4n) is 11.2. The van der Waals surface area contributed by atoms with Crippen molar-refractivity contribution in [3.05, 3.63) is 176 Å². The summed E-state index contributed by atoms with van der Waals surface area (Å²) in [6.45, 7) is 14.5. The van der Waals surface area contributed by atoms with E-state index in [1.54, 1.807) is 15.2 Å². The summed E-state index contributed by atoms with van der Waals surface area (Å²) in [7, 11) is 0. The molecule has 92 heavy (non-hydrogen) atoms. The fourth-order valence-corrected chi connectivity index (χ4v) is 27.9. The van der Waals surface area contributed by atoms with Gasteiger partial charge >= 0.3 is 116 Å². The van der Waals surface area contributed by atoms with Crippen LogP contribution in [0.1, 0.15) is 112 Å². The molecule has 0 N–H and O–H groups in total. The number of benzene rings is 6. The number of hydrogen-bond acceptors (Lipinski definition) is 10. The van der Waals surface area contributed by atoms with Crippen LogP contribution in [0.25, 0.3) is 96.3 Å². The van der Waals surface area contributed by atoms with Gasteiger partial charge in [-0.3, -0.25) is 0 Å². The number of thiophene rings is 4. The molecule has 0 aliphatic heterocycles. The first-order valence-corrected chi connectivity index (χ1v) is 57.7. The molecule has 6 aromatic carbocycles. The molecule has 12 rings (SSSR count). The van der Waals surface area contributed by atoms with Crippen LogP contribution in [0.2, 0.25) is 29.6 Å². The van der Waals surface area contributed by atoms with Crippen LogP contribution in [0.5, 0.6) is 11.5 Å². The monoisotopic (exact) mass is 1640 g/mol. The van der Waals surface area contributed by atoms with Crippen LogP contribution in [-0.4, -0.2) is 69.9 Å². The number of hydrogen-bond donors (Lipinski definition) is 0. The standard InChI is InChI=1S/C37H38N2OS2.C29H30Br2N2O.C6H2S2.6CH3.2Sn/c1-5-6-7-8-9-10-19-40-29-16-12-15-28(22-29)36-35(27-14-11-13-24(2)20-27)38-34-25(3)17-18-30(37(34)39-36)31-23-33-32(42-31)21-26(4)41-33;1-3-4-5-6-7-8-17-34-23-14-10-13-22(19-23)27-26(21-12-9-11-20(2)18-21)32-28-24(30)15-16-25(31)29(28)33-27;1-3-7-6-2-4-8-5(1)6;;;;;;;;/h11-18,20-23H,5-10,19H2,1-4H3;9-16,18-19H,3-8,17H2,1-2H3;1-2H;6*1H3;;. The molecule has 14 heteroatoms. The van der Waals surface area contributed by atoms with Gasteiger partial charge in [-0.15, -0.1) is 22.7 Å². The first-order valence-electron chi connectivity index (χ1n) is 32.9. The summed E-state index contributed by atoms with van der Waals surface area (Å²) in [5.74, 6) is 1.76. The Kier molecular flexibility index (Phi) is 24.8. The van der Waals surface area contributed by atoms with Crippen molar-refractivity contribution in [2.75, 3.05) is 13.2 Å². The summed E-state index contributed by atoms with van der Waals surface area (Å²) in [5, 5.41) is 0. The van der Waals surface area contributed by atoms with Crippen LogP contribution in [0.4, 0.5) is 0 Å². The molecule has 0 amide bonds. The molecule has 12 aromatic rings. The quantitative estimate of drug-likeness (QED) is 0.0469. The minimum atomic E-state index is -1.82. The Morgan fingerprint density at radius 1 is 0.380 bits per heavy atom. The van der Waals surface area contributed by atoms with Crippen LogP contribution in [0, 0.1) is 27.7 Å². The van der Waals surface area contributed by atoms with Gasteiger partial charge in [-0.1, -0.05) is 162 Å². The second kappa shape index (κ2) is 32.5. The molecule has 0 aliphatic carbocycles. The average molecular weight is 1640 g/mol. The number of halogens is 2. The molecule has 0 saturated carbocycles. The number of nitrogens with zero attached hydrogens (tertiary/aromatic N) is 4. The van der Waals surface area contributed by atoms with Crippen molar-refractivity contribution >= 4 is 161 Å². The molecule has 0 spiro atoms. The molecule has 0 fully saturated rings. The van der Waals surface area contributed by atoms with Crippen LogP contribution < -0.4 is 15.3 Å². The summed E-state index contributed by atoms with van der Waals surface area (Å²) in [6, 6.07) is 51.6. The SMILES string of the molecule is CCCCCCCCOc1cccc(-c2nc3c(-c4cc5sc(C)cc5s4)ccc(C)c3nc2-c2cccc(C)c2)c1.CCCCCCCCOc1cccc(-c2nc3c(Br)ccc(Br)c3nc2-c2cccc(C)c2)c1.[CH3][Sn]([CH3])([CH3])[c]1cc2s[c]([Sn]([CH3])([CH3])[CH3])cc2s1. The molecular weight excluding hydrogens is 1550 g/mol. The first-order chi connectivity index (χ1) is 44.2. The van der Waals surface area contributed by atoms with Crippen LogP contribution in [0.3, 0.4) is 0 Å². The molecule has 6 aromatic heterocycles. The maximum absolute atomic E-state index is 6.23. The van der Waals surface area contributed by atoms with E-state index in [4.69, 9.17) is 29.4 Å². The van der Waals surface area contributed by atoms with Gasteiger partial charge in [-0.05, 0) is 139 Å². The van der Waals surface area contributed by atoms with Gasteiger partial charge in [0, 0.05) is 55.9 Å². The van der Waals surface area contributed by atoms with E-state index in [0.29, 0.717) is 0 Å². The second-order valence-electron chi connectivity index (χ2n) is 26.4. The van der Waals surface area contributed by atoms with Crippen LogP contribution in [-0.2, 0) is 0 Å². The van der Waals surface area contributed by atoms with Crippen molar-refractivity contribution in [2.45, 2.75) is 148 Å². The van der Waals surface area contributed by atoms with Gasteiger partial charge in [0.15, 0.2) is 0 Å². The Bertz CT molecular complexity index is 4370. The number of rotatable bonds is 23. The van der Waals surface area contributed by atoms with Crippen LogP contribution >= 0.6 is 77.2 Å². The molecule has 0 aliphatic rings. The van der Waals surface area contributed by atoms with Gasteiger partial charge < -0.3 is 9.47 Å². The number of aromatic nitrogens is 4. The number of ether oxygens (including phenoxy) is 2. The van der Waals surface area contributed by atoms with Crippen molar-refractivity contribution in [3.63, 3.8) is 0 Å². The third-order valence-corrected chi connectivity index (χ3v) is 41.0. The predicted octanol–water partition coefficient (Wildman–Crippen LogP) is 25.2. The minimum absolute atomic E-state index is 0.738. The van der Waals surface area contributed by atoms with E-state index >= 15 is 0 Å². The van der Waals surface area contributed by atoms with Crippen molar-refractivity contribution < 1.29 is 9.47 Å². The molecule has 6 heterocycles. The zero-order valence-electron chi connectivity index (χ0n) is 55.8. The summed E-state index contributed by atoms with van der Waals surface area (Å²) >= 11 is 11.5. The zero-order chi connectivity index (χ0) is 65.1. The molecule has 0 unspecified atom stereocenters. The second-order valence-corrected chi connectivity index (χ2v) is 63.4. The normalized spacial score (nSPS) is 11.8. The average Bonchev–Trinajstić information content (AvgIpc) is 1.05. The predicted molar refractivity (Wildman–Crippen MR) is 417 cm³/mol. The van der Waals surface area contributed by atoms with Crippen molar-refractivity contribution in [3.8, 4) is 67.0 Å². The summed E-state index contributed by atoms with van der Waals surface area (Å²) in [6.07, 6.45) is 15.0. The van der Waals surface area contributed by atoms with E-state index in [0.717, 1.165) is 125 Å². The summed E-state index contributed by atoms with van der Waals surface area (Å²) in [4.78, 5) is 38.6. The van der Waals surface area contributed by atoms with Crippen molar-refractivity contribution in [2.24, 2.45) is 0 Å². The van der Waals surface area contributed by atoms with Gasteiger partial charge in [0.25, 0.3) is 0 Å². The van der Waals surface area contributed by atoms with Gasteiger partial charge in [0.2, 0.25) is 0 Å². The third kappa shape index (κ3) is 18.1. The van der Waals surface area contributed by atoms with E-state index in [2.05, 4.69) is 247 Å². The number of fused-ring (bicyclic) bond motifs is 4. The maximum atomic E-state index is 6.23. The Balaban J connectivity index is 0.000000165. The van der Waals surface area contributed by atoms with Crippen LogP contribution in [0.15, 0.2) is 155 Å². The molecule has 0 bridgehead atoms. The van der Waals surface area contributed by atoms with Gasteiger partial charge in [-0.25, -0.2) is 19.9 Å². The Hall–Kier alpha value is -4.52. The molecule has 0 atom stereocenters. The van der Waals surface area contributed by atoms with Gasteiger partial charge in [0.05, 0.1) is 47.0 Å². The molecule has 0 radical (unpaired) electrons. The Morgan fingerprint density at radius 2 is 0.783 bits per heavy atom. The number of aryl methyl sites for hydroxylation is 4. The number of unbranched alkanes of at least 4 members (excludes halogenated alkanes) is 10. The summed E-state index contributed by atoms with van der Waals surface area (Å²) < 4.78 is 23.4. The first kappa shape index (κ1) is 70.3. The fraction of sp³-hybridized carbons (Fsp3) is 0.333. The van der Waals surface area contributed by atoms with E-state index in [1.807, 2.05) is 46.9 Å². The van der Waals surface area contributed by atoms with Crippen molar-refractivity contribution in [1.29, 1.82) is 0 Å². The Morgan fingerprint density at radius 3 is 1.23 bits per heavy atom. The molecular formula is C78H88Br2N4O2S4Sn2. The van der Waals surface area contributed by atoms with E-state index in [-0.39, 0.29) is 0 Å². The zero-order valence-corrected chi connectivity index (χ0v) is 67.9. The third-order valence-electron chi connectivity index (χ3n) is 16.4. The topological polar surface area (TPSA) is 70.0 Å². The molecule has 478 valence electrons. The van der Waals surface area contributed by atoms with Crippen molar-refractivity contribution in [1.82, 2.24) is 19.9 Å². The Labute approximate surface area is 588 Å².